The molecule has 2 fully saturated rings. The average molecular weight is 520 g/mol. The number of phenols is 1. The standard InChI is InChI=1S/C28H25NO9/c1-2-38-13-8-6-12(7-9-13)10-15-14-4-3-5-17(30)19(14)24(33)22-20(15)23(32)16-11-18(31)21(27(29)36)25(34)28(16,37)26(22)35/h3-10,16,20-23,30,32,37H,2,11H2,1H3,(H2,29,36)/b15-10+. The number of nitrogens with two attached hydrogens (primary N) is 1. The number of aliphatic hydroxyl groups is 2. The maximum absolute atomic E-state index is 13.8. The van der Waals surface area contributed by atoms with Gasteiger partial charge in [0.05, 0.1) is 24.2 Å². The zero-order chi connectivity index (χ0) is 27.5. The van der Waals surface area contributed by atoms with Gasteiger partial charge in [-0.1, -0.05) is 30.3 Å². The number of rotatable bonds is 4. The Hall–Kier alpha value is -4.15. The zero-order valence-electron chi connectivity index (χ0n) is 20.3. The maximum Gasteiger partial charge on any atom is 0.235 e. The molecule has 5 rings (SSSR count). The number of hydrogen-bond acceptors (Lipinski definition) is 9. The molecule has 0 bridgehead atoms. The van der Waals surface area contributed by atoms with Crippen LogP contribution in [0.4, 0.5) is 0 Å². The molecule has 0 radical (unpaired) electrons. The lowest BCUT2D eigenvalue weighted by Gasteiger charge is -2.51. The van der Waals surface area contributed by atoms with E-state index in [0.29, 0.717) is 23.5 Å². The molecule has 0 saturated heterocycles. The summed E-state index contributed by atoms with van der Waals surface area (Å²) in [6.45, 7) is 2.30. The fourth-order valence-corrected chi connectivity index (χ4v) is 6.04. The van der Waals surface area contributed by atoms with E-state index in [1.165, 1.54) is 12.1 Å². The molecule has 3 aliphatic rings. The van der Waals surface area contributed by atoms with Crippen LogP contribution in [0.1, 0.15) is 34.8 Å². The number of aliphatic hydroxyl groups excluding tert-OH is 1. The van der Waals surface area contributed by atoms with Gasteiger partial charge in [-0.15, -0.1) is 0 Å². The lowest BCUT2D eigenvalue weighted by atomic mass is 9.51. The molecular weight excluding hydrogens is 494 g/mol. The number of primary amides is 1. The first-order chi connectivity index (χ1) is 18.0. The number of amides is 1. The summed E-state index contributed by atoms with van der Waals surface area (Å²) in [5.41, 5.74) is 3.23. The van der Waals surface area contributed by atoms with E-state index in [1.54, 1.807) is 36.4 Å². The highest BCUT2D eigenvalue weighted by atomic mass is 16.5. The second-order valence-corrected chi connectivity index (χ2v) is 9.77. The third-order valence-electron chi connectivity index (χ3n) is 7.75. The highest BCUT2D eigenvalue weighted by Crippen LogP contribution is 2.54. The number of ether oxygens (including phenoxy) is 1. The Kier molecular flexibility index (Phi) is 6.04. The predicted octanol–water partition coefficient (Wildman–Crippen LogP) is 0.694. The SMILES string of the molecule is CCOc1ccc(/C=C2\c3cccc(O)c3C(=O)C3C(=O)C4(O)C(=O)C(C(N)=O)C(=O)CC4C(O)C23)cc1. The topological polar surface area (TPSA) is 181 Å². The van der Waals surface area contributed by atoms with Gasteiger partial charge in [0.1, 0.15) is 11.5 Å². The third kappa shape index (κ3) is 3.52. The van der Waals surface area contributed by atoms with Crippen molar-refractivity contribution in [1.29, 1.82) is 0 Å². The minimum Gasteiger partial charge on any atom is -0.507 e. The lowest BCUT2D eigenvalue weighted by molar-refractivity contribution is -0.185. The molecule has 0 aromatic heterocycles. The number of benzene rings is 2. The van der Waals surface area contributed by atoms with Crippen molar-refractivity contribution in [3.05, 3.63) is 59.2 Å². The molecule has 5 N–H and O–H groups in total. The number of phenolic OH excluding ortho intramolecular Hbond substituents is 1. The van der Waals surface area contributed by atoms with E-state index in [2.05, 4.69) is 0 Å². The molecule has 196 valence electrons. The van der Waals surface area contributed by atoms with Gasteiger partial charge in [0, 0.05) is 18.3 Å². The van der Waals surface area contributed by atoms with Gasteiger partial charge >= 0.3 is 0 Å². The van der Waals surface area contributed by atoms with Crippen LogP contribution in [0.2, 0.25) is 0 Å². The van der Waals surface area contributed by atoms with Gasteiger partial charge in [0.15, 0.2) is 34.7 Å². The van der Waals surface area contributed by atoms with Crippen LogP contribution in [0.15, 0.2) is 42.5 Å². The minimum absolute atomic E-state index is 0.195. The molecule has 10 nitrogen and oxygen atoms in total. The molecule has 0 spiro atoms. The Bertz CT molecular complexity index is 1430. The van der Waals surface area contributed by atoms with Crippen molar-refractivity contribution >= 4 is 40.7 Å². The lowest BCUT2D eigenvalue weighted by Crippen LogP contribution is -2.72. The van der Waals surface area contributed by atoms with E-state index in [0.717, 1.165) is 0 Å². The average Bonchev–Trinajstić information content (AvgIpc) is 2.87. The van der Waals surface area contributed by atoms with Crippen LogP contribution in [0.3, 0.4) is 0 Å². The molecule has 6 unspecified atom stereocenters. The Morgan fingerprint density at radius 2 is 1.79 bits per heavy atom. The summed E-state index contributed by atoms with van der Waals surface area (Å²) in [7, 11) is 0. The summed E-state index contributed by atoms with van der Waals surface area (Å²) in [6.07, 6.45) is -0.723. The Labute approximate surface area is 216 Å². The number of fused-ring (bicyclic) bond motifs is 3. The molecule has 2 aromatic carbocycles. The summed E-state index contributed by atoms with van der Waals surface area (Å²) in [5, 5.41) is 33.5. The van der Waals surface area contributed by atoms with Crippen molar-refractivity contribution in [2.75, 3.05) is 6.61 Å². The van der Waals surface area contributed by atoms with Gasteiger partial charge in [-0.2, -0.15) is 0 Å². The first kappa shape index (κ1) is 25.5. The van der Waals surface area contributed by atoms with Gasteiger partial charge in [0.25, 0.3) is 0 Å². The Morgan fingerprint density at radius 1 is 1.11 bits per heavy atom. The Morgan fingerprint density at radius 3 is 2.42 bits per heavy atom. The highest BCUT2D eigenvalue weighted by molar-refractivity contribution is 6.32. The monoisotopic (exact) mass is 519 g/mol. The molecule has 1 amide bonds. The van der Waals surface area contributed by atoms with Crippen LogP contribution >= 0.6 is 0 Å². The molecule has 2 aromatic rings. The van der Waals surface area contributed by atoms with Crippen molar-refractivity contribution in [2.45, 2.75) is 25.0 Å². The first-order valence-electron chi connectivity index (χ1n) is 12.1. The summed E-state index contributed by atoms with van der Waals surface area (Å²) in [4.78, 5) is 65.1. The van der Waals surface area contributed by atoms with Crippen LogP contribution < -0.4 is 10.5 Å². The first-order valence-corrected chi connectivity index (χ1v) is 12.1. The smallest absolute Gasteiger partial charge is 0.235 e. The van der Waals surface area contributed by atoms with Crippen molar-refractivity contribution < 1.29 is 44.0 Å². The molecule has 3 aliphatic carbocycles. The number of aromatic hydroxyl groups is 1. The molecule has 10 heteroatoms. The van der Waals surface area contributed by atoms with E-state index in [-0.39, 0.29) is 11.1 Å². The number of Topliss-reactive ketones (excluding diaryl/α,β-unsaturated/α-hetero) is 4. The maximum atomic E-state index is 13.8. The zero-order valence-corrected chi connectivity index (χ0v) is 20.3. The van der Waals surface area contributed by atoms with Crippen LogP contribution in [0.5, 0.6) is 11.5 Å². The van der Waals surface area contributed by atoms with Gasteiger partial charge < -0.3 is 25.8 Å². The molecule has 2 saturated carbocycles. The van der Waals surface area contributed by atoms with Crippen molar-refractivity contribution in [1.82, 2.24) is 0 Å². The van der Waals surface area contributed by atoms with E-state index < -0.39 is 76.6 Å². The van der Waals surface area contributed by atoms with Gasteiger partial charge in [-0.3, -0.25) is 24.0 Å². The molecular formula is C28H25NO9. The Balaban J connectivity index is 1.70. The molecule has 38 heavy (non-hydrogen) atoms. The number of carbonyl (C=O) groups excluding carboxylic acids is 5. The summed E-state index contributed by atoms with van der Waals surface area (Å²) in [5.74, 6) is -12.3. The van der Waals surface area contributed by atoms with E-state index >= 15 is 0 Å². The number of carbonyl (C=O) groups is 5. The van der Waals surface area contributed by atoms with Crippen LogP contribution in [0.25, 0.3) is 11.6 Å². The molecule has 0 heterocycles. The second-order valence-electron chi connectivity index (χ2n) is 9.77. The van der Waals surface area contributed by atoms with Gasteiger partial charge in [0.2, 0.25) is 5.91 Å². The van der Waals surface area contributed by atoms with Crippen molar-refractivity contribution in [2.24, 2.45) is 29.4 Å². The number of hydrogen-bond donors (Lipinski definition) is 4. The summed E-state index contributed by atoms with van der Waals surface area (Å²) < 4.78 is 5.46. The second kappa shape index (κ2) is 9.00. The van der Waals surface area contributed by atoms with Crippen LogP contribution in [-0.4, -0.2) is 62.7 Å². The molecule has 0 aliphatic heterocycles. The summed E-state index contributed by atoms with van der Waals surface area (Å²) in [6, 6.07) is 11.2. The van der Waals surface area contributed by atoms with Crippen molar-refractivity contribution in [3.8, 4) is 11.5 Å². The van der Waals surface area contributed by atoms with Crippen LogP contribution in [-0.2, 0) is 19.2 Å². The fraction of sp³-hybridized carbons (Fsp3) is 0.321. The third-order valence-corrected chi connectivity index (χ3v) is 7.75. The van der Waals surface area contributed by atoms with Crippen LogP contribution in [0, 0.1) is 23.7 Å². The van der Waals surface area contributed by atoms with Gasteiger partial charge in [-0.05, 0) is 41.8 Å². The van der Waals surface area contributed by atoms with E-state index in [9.17, 15) is 39.3 Å². The quantitative estimate of drug-likeness (QED) is 0.423. The fourth-order valence-electron chi connectivity index (χ4n) is 6.04. The minimum atomic E-state index is -2.98. The summed E-state index contributed by atoms with van der Waals surface area (Å²) >= 11 is 0. The van der Waals surface area contributed by atoms with E-state index in [4.69, 9.17) is 10.5 Å². The van der Waals surface area contributed by atoms with Gasteiger partial charge in [-0.25, -0.2) is 0 Å². The normalized spacial score (nSPS) is 31.4. The number of ketones is 4. The van der Waals surface area contributed by atoms with Crippen molar-refractivity contribution in [3.63, 3.8) is 0 Å². The predicted molar refractivity (Wildman–Crippen MR) is 132 cm³/mol. The highest BCUT2D eigenvalue weighted by Gasteiger charge is 2.69. The van der Waals surface area contributed by atoms with E-state index in [1.807, 2.05) is 6.92 Å². The largest absolute Gasteiger partial charge is 0.507 e. The molecule has 6 atom stereocenters.